The minimum absolute atomic E-state index is 0.00440. The number of anilines is 1. The number of nitriles is 1. The number of oxazole rings is 1. The maximum absolute atomic E-state index is 14.4. The Labute approximate surface area is 236 Å². The van der Waals surface area contributed by atoms with Crippen molar-refractivity contribution in [3.05, 3.63) is 66.1 Å². The predicted octanol–water partition coefficient (Wildman–Crippen LogP) is 4.55. The second-order valence-corrected chi connectivity index (χ2v) is 11.9. The van der Waals surface area contributed by atoms with Crippen molar-refractivity contribution >= 4 is 17.1 Å². The van der Waals surface area contributed by atoms with Crippen LogP contribution >= 0.6 is 0 Å². The van der Waals surface area contributed by atoms with Gasteiger partial charge in [-0.25, -0.2) is 13.9 Å². The first-order chi connectivity index (χ1) is 19.6. The monoisotopic (exact) mass is 557 g/mol. The highest BCUT2D eigenvalue weighted by molar-refractivity contribution is 6.00. The van der Waals surface area contributed by atoms with Crippen LogP contribution in [0.1, 0.15) is 74.1 Å². The fourth-order valence-electron chi connectivity index (χ4n) is 6.17. The zero-order valence-corrected chi connectivity index (χ0v) is 23.0. The Hall–Kier alpha value is -4.30. The van der Waals surface area contributed by atoms with Gasteiger partial charge in [-0.1, -0.05) is 0 Å². The van der Waals surface area contributed by atoms with Crippen molar-refractivity contribution in [2.45, 2.75) is 75.1 Å². The topological polar surface area (TPSA) is 141 Å². The highest BCUT2D eigenvalue weighted by Gasteiger charge is 2.51. The van der Waals surface area contributed by atoms with E-state index in [1.165, 1.54) is 32.6 Å². The molecule has 0 radical (unpaired) electrons. The molecular formula is C30H32FN7O3. The molecule has 11 heteroatoms. The third-order valence-corrected chi connectivity index (χ3v) is 8.85. The first kappa shape index (κ1) is 26.9. The van der Waals surface area contributed by atoms with E-state index in [1.807, 2.05) is 24.4 Å². The Morgan fingerprint density at radius 2 is 1.95 bits per heavy atom. The number of alkyl halides is 1. The van der Waals surface area contributed by atoms with E-state index in [9.17, 15) is 19.6 Å². The van der Waals surface area contributed by atoms with Crippen LogP contribution in [0.5, 0.6) is 0 Å². The van der Waals surface area contributed by atoms with E-state index in [2.05, 4.69) is 31.8 Å². The van der Waals surface area contributed by atoms with Crippen LogP contribution in [0.15, 0.2) is 53.7 Å². The number of amides is 1. The summed E-state index contributed by atoms with van der Waals surface area (Å²) >= 11 is 0. The van der Waals surface area contributed by atoms with Crippen molar-refractivity contribution in [2.24, 2.45) is 0 Å². The maximum atomic E-state index is 14.4. The SMILES string of the molecule is CC(C)(O)[C@H](F)CNC(=O)c1cnc(-c2ccc3cc(C#N)cnn23)cc1NC12CCC(c3cnco3)(CC1)CC2. The Kier molecular flexibility index (Phi) is 6.53. The van der Waals surface area contributed by atoms with Gasteiger partial charge in [0, 0.05) is 17.2 Å². The number of carbonyl (C=O) groups excluding carboxylic acids is 1. The summed E-state index contributed by atoms with van der Waals surface area (Å²) in [5, 5.41) is 30.0. The average Bonchev–Trinajstić information content (AvgIpc) is 3.67. The number of nitrogens with zero attached hydrogens (tertiary/aromatic N) is 5. The summed E-state index contributed by atoms with van der Waals surface area (Å²) in [6, 6.07) is 9.42. The van der Waals surface area contributed by atoms with E-state index >= 15 is 0 Å². The Bertz CT molecular complexity index is 1610. The van der Waals surface area contributed by atoms with Crippen LogP contribution in [0.4, 0.5) is 10.1 Å². The van der Waals surface area contributed by atoms with E-state index in [-0.39, 0.29) is 17.5 Å². The summed E-state index contributed by atoms with van der Waals surface area (Å²) in [6.45, 7) is 2.41. The first-order valence-corrected chi connectivity index (χ1v) is 13.8. The fraction of sp³-hybridized carbons (Fsp3) is 0.433. The molecule has 1 atom stereocenters. The summed E-state index contributed by atoms with van der Waals surface area (Å²) in [5.41, 5.74) is 1.61. The summed E-state index contributed by atoms with van der Waals surface area (Å²) in [6.07, 6.45) is 10.2. The van der Waals surface area contributed by atoms with Crippen molar-refractivity contribution in [1.82, 2.24) is 24.9 Å². The molecule has 4 aromatic heterocycles. The van der Waals surface area contributed by atoms with Gasteiger partial charge < -0.3 is 20.2 Å². The van der Waals surface area contributed by atoms with Gasteiger partial charge in [0.15, 0.2) is 6.39 Å². The highest BCUT2D eigenvalue weighted by atomic mass is 19.1. The van der Waals surface area contributed by atoms with E-state index in [0.717, 1.165) is 49.8 Å². The van der Waals surface area contributed by atoms with Crippen LogP contribution in [-0.4, -0.2) is 54.5 Å². The predicted molar refractivity (Wildman–Crippen MR) is 149 cm³/mol. The van der Waals surface area contributed by atoms with Gasteiger partial charge in [-0.2, -0.15) is 10.4 Å². The normalized spacial score (nSPS) is 22.8. The van der Waals surface area contributed by atoms with Gasteiger partial charge >= 0.3 is 0 Å². The van der Waals surface area contributed by atoms with Crippen LogP contribution in [0.25, 0.3) is 16.9 Å². The number of pyridine rings is 1. The lowest BCUT2D eigenvalue weighted by Crippen LogP contribution is -2.52. The van der Waals surface area contributed by atoms with Crippen LogP contribution in [0, 0.1) is 11.3 Å². The number of fused-ring (bicyclic) bond motifs is 4. The van der Waals surface area contributed by atoms with Crippen molar-refractivity contribution in [3.8, 4) is 17.5 Å². The molecule has 2 bridgehead atoms. The summed E-state index contributed by atoms with van der Waals surface area (Å²) in [4.78, 5) is 22.0. The molecule has 0 aliphatic heterocycles. The number of aromatic nitrogens is 4. The molecule has 1 amide bonds. The van der Waals surface area contributed by atoms with Gasteiger partial charge in [-0.05, 0) is 76.6 Å². The number of hydrogen-bond acceptors (Lipinski definition) is 8. The summed E-state index contributed by atoms with van der Waals surface area (Å²) in [7, 11) is 0. The number of hydrogen-bond donors (Lipinski definition) is 3. The molecule has 10 nitrogen and oxygen atoms in total. The zero-order chi connectivity index (χ0) is 28.8. The standard InChI is InChI=1S/C30H32FN7O3/c1-28(2,40)25(31)16-35-27(39)21-15-34-23(24-4-3-20-11-19(13-32)14-36-38(20)24)12-22(21)37-30-8-5-29(6-9-30,7-10-30)26-17-33-18-41-26/h3-4,11-12,14-15,17-18,25,40H,5-10,16H2,1-2H3,(H,34,37)(H,35,39)/t25-,29?,30?/m1/s1. The molecule has 4 aromatic rings. The largest absolute Gasteiger partial charge is 0.448 e. The van der Waals surface area contributed by atoms with Crippen LogP contribution in [0.2, 0.25) is 0 Å². The summed E-state index contributed by atoms with van der Waals surface area (Å²) in [5.74, 6) is 0.464. The molecule has 0 unspecified atom stereocenters. The van der Waals surface area contributed by atoms with Crippen molar-refractivity contribution < 1.29 is 18.7 Å². The van der Waals surface area contributed by atoms with Gasteiger partial charge in [0.2, 0.25) is 0 Å². The molecule has 3 aliphatic carbocycles. The Morgan fingerprint density at radius 3 is 2.61 bits per heavy atom. The van der Waals surface area contributed by atoms with Crippen molar-refractivity contribution in [3.63, 3.8) is 0 Å². The Balaban J connectivity index is 1.32. The third kappa shape index (κ3) is 4.93. The average molecular weight is 558 g/mol. The quantitative estimate of drug-likeness (QED) is 0.287. The van der Waals surface area contributed by atoms with E-state index in [1.54, 1.807) is 10.6 Å². The van der Waals surface area contributed by atoms with E-state index in [0.29, 0.717) is 28.2 Å². The number of carbonyl (C=O) groups is 1. The highest BCUT2D eigenvalue weighted by Crippen LogP contribution is 2.54. The van der Waals surface area contributed by atoms with Gasteiger partial charge in [-0.3, -0.25) is 9.78 Å². The maximum Gasteiger partial charge on any atom is 0.255 e. The molecule has 0 saturated heterocycles. The molecule has 212 valence electrons. The molecule has 3 aliphatic rings. The second kappa shape index (κ2) is 9.96. The fourth-order valence-corrected chi connectivity index (χ4v) is 6.17. The molecule has 3 N–H and O–H groups in total. The van der Waals surface area contributed by atoms with Crippen LogP contribution in [0.3, 0.4) is 0 Å². The lowest BCUT2D eigenvalue weighted by Gasteiger charge is -2.53. The number of rotatable bonds is 8. The molecule has 7 rings (SSSR count). The van der Waals surface area contributed by atoms with Crippen LogP contribution < -0.4 is 10.6 Å². The minimum Gasteiger partial charge on any atom is -0.448 e. The molecule has 3 fully saturated rings. The Morgan fingerprint density at radius 1 is 1.20 bits per heavy atom. The lowest BCUT2D eigenvalue weighted by atomic mass is 9.56. The van der Waals surface area contributed by atoms with Crippen molar-refractivity contribution in [1.29, 1.82) is 5.26 Å². The lowest BCUT2D eigenvalue weighted by molar-refractivity contribution is -0.00177. The smallest absolute Gasteiger partial charge is 0.255 e. The second-order valence-electron chi connectivity index (χ2n) is 11.9. The van der Waals surface area contributed by atoms with Gasteiger partial charge in [0.05, 0.1) is 58.3 Å². The van der Waals surface area contributed by atoms with Gasteiger partial charge in [0.25, 0.3) is 5.91 Å². The molecule has 3 saturated carbocycles. The third-order valence-electron chi connectivity index (χ3n) is 8.85. The van der Waals surface area contributed by atoms with Gasteiger partial charge in [0.1, 0.15) is 18.0 Å². The molecule has 4 heterocycles. The van der Waals surface area contributed by atoms with Crippen molar-refractivity contribution in [2.75, 3.05) is 11.9 Å². The minimum atomic E-state index is -1.63. The van der Waals surface area contributed by atoms with E-state index < -0.39 is 17.7 Å². The van der Waals surface area contributed by atoms with Crippen LogP contribution in [-0.2, 0) is 5.41 Å². The zero-order valence-electron chi connectivity index (χ0n) is 23.0. The number of halogens is 1. The molecule has 0 aromatic carbocycles. The molecule has 0 spiro atoms. The number of aliphatic hydroxyl groups is 1. The van der Waals surface area contributed by atoms with Gasteiger partial charge in [-0.15, -0.1) is 0 Å². The number of nitrogens with one attached hydrogen (secondary N) is 2. The summed E-state index contributed by atoms with van der Waals surface area (Å²) < 4.78 is 21.9. The van der Waals surface area contributed by atoms with E-state index in [4.69, 9.17) is 4.42 Å². The molecule has 41 heavy (non-hydrogen) atoms. The molecular weight excluding hydrogens is 525 g/mol. The first-order valence-electron chi connectivity index (χ1n) is 13.8.